The summed E-state index contributed by atoms with van der Waals surface area (Å²) in [5.74, 6) is 1.81. The van der Waals surface area contributed by atoms with Crippen LogP contribution in [0.2, 0.25) is 0 Å². The van der Waals surface area contributed by atoms with E-state index in [1.54, 1.807) is 6.20 Å². The summed E-state index contributed by atoms with van der Waals surface area (Å²) in [6, 6.07) is 5.97. The monoisotopic (exact) mass is 439 g/mol. The van der Waals surface area contributed by atoms with Crippen LogP contribution < -0.4 is 5.32 Å². The molecule has 0 radical (unpaired) electrons. The summed E-state index contributed by atoms with van der Waals surface area (Å²) < 4.78 is 13.3. The molecule has 8 heteroatoms. The molecule has 3 aromatic heterocycles. The Morgan fingerprint density at radius 3 is 2.56 bits per heavy atom. The Labute approximate surface area is 188 Å². The molecule has 1 aliphatic rings. The first-order valence-electron chi connectivity index (χ1n) is 11.4. The van der Waals surface area contributed by atoms with Gasteiger partial charge in [0.15, 0.2) is 5.65 Å². The van der Waals surface area contributed by atoms with Gasteiger partial charge < -0.3 is 14.5 Å². The number of rotatable bonds is 7. The fraction of sp³-hybridized carbons (Fsp3) is 0.542. The number of furan rings is 1. The first kappa shape index (κ1) is 22.5. The third-order valence-electron chi connectivity index (χ3n) is 5.94. The van der Waals surface area contributed by atoms with Crippen LogP contribution in [0.3, 0.4) is 0 Å². The lowest BCUT2D eigenvalue weighted by Gasteiger charge is -2.33. The van der Waals surface area contributed by atoms with Crippen LogP contribution in [0.15, 0.2) is 28.8 Å². The van der Waals surface area contributed by atoms with Crippen molar-refractivity contribution < 1.29 is 13.9 Å². The van der Waals surface area contributed by atoms with Crippen LogP contribution in [0, 0.1) is 6.92 Å². The van der Waals surface area contributed by atoms with Gasteiger partial charge in [-0.2, -0.15) is 5.10 Å². The molecule has 32 heavy (non-hydrogen) atoms. The van der Waals surface area contributed by atoms with E-state index in [9.17, 15) is 4.79 Å². The standard InChI is InChI=1S/C24H33N5O3/c1-15(2)20-12-18(19-13-26-29(16(3)4)23(19)27-20)24(30)25-14-21(22-7-6-17(5)32-22)28-8-10-31-11-9-28/h6-7,12-13,15-16,21H,8-11,14H2,1-5H3,(H,25,30). The van der Waals surface area contributed by atoms with Crippen molar-refractivity contribution in [3.05, 3.63) is 47.2 Å². The summed E-state index contributed by atoms with van der Waals surface area (Å²) >= 11 is 0. The van der Waals surface area contributed by atoms with Crippen molar-refractivity contribution in [2.24, 2.45) is 0 Å². The van der Waals surface area contributed by atoms with Crippen molar-refractivity contribution in [1.82, 2.24) is 25.0 Å². The number of hydrogen-bond acceptors (Lipinski definition) is 6. The molecule has 4 rings (SSSR count). The second-order valence-electron chi connectivity index (χ2n) is 8.99. The SMILES string of the molecule is Cc1ccc(C(CNC(=O)c2cc(C(C)C)nc3c2cnn3C(C)C)N2CCOCC2)o1. The number of fused-ring (bicyclic) bond motifs is 1. The Kier molecular flexibility index (Phi) is 6.62. The smallest absolute Gasteiger partial charge is 0.252 e. The van der Waals surface area contributed by atoms with E-state index in [1.807, 2.05) is 29.8 Å². The average Bonchev–Trinajstić information content (AvgIpc) is 3.40. The summed E-state index contributed by atoms with van der Waals surface area (Å²) in [6.45, 7) is 13.7. The van der Waals surface area contributed by atoms with Crippen molar-refractivity contribution >= 4 is 16.9 Å². The molecule has 1 N–H and O–H groups in total. The highest BCUT2D eigenvalue weighted by Gasteiger charge is 2.27. The van der Waals surface area contributed by atoms with E-state index in [0.29, 0.717) is 25.3 Å². The van der Waals surface area contributed by atoms with E-state index in [-0.39, 0.29) is 23.9 Å². The molecular weight excluding hydrogens is 406 g/mol. The highest BCUT2D eigenvalue weighted by Crippen LogP contribution is 2.26. The minimum Gasteiger partial charge on any atom is -0.465 e. The molecule has 8 nitrogen and oxygen atoms in total. The molecule has 1 aliphatic heterocycles. The van der Waals surface area contributed by atoms with Gasteiger partial charge in [-0.15, -0.1) is 0 Å². The minimum absolute atomic E-state index is 0.0446. The van der Waals surface area contributed by atoms with Crippen molar-refractivity contribution in [2.45, 2.75) is 52.6 Å². The molecule has 0 spiro atoms. The number of carbonyl (C=O) groups excluding carboxylic acids is 1. The molecular formula is C24H33N5O3. The summed E-state index contributed by atoms with van der Waals surface area (Å²) in [5, 5.41) is 8.42. The largest absolute Gasteiger partial charge is 0.465 e. The Hall–Kier alpha value is -2.71. The second-order valence-corrected chi connectivity index (χ2v) is 8.99. The first-order valence-corrected chi connectivity index (χ1v) is 11.4. The average molecular weight is 440 g/mol. The van der Waals surface area contributed by atoms with Gasteiger partial charge in [0.2, 0.25) is 0 Å². The number of aryl methyl sites for hydroxylation is 1. The molecule has 1 atom stereocenters. The van der Waals surface area contributed by atoms with Crippen molar-refractivity contribution in [3.8, 4) is 0 Å². The van der Waals surface area contributed by atoms with Gasteiger partial charge in [-0.1, -0.05) is 13.8 Å². The third-order valence-corrected chi connectivity index (χ3v) is 5.94. The number of morpholine rings is 1. The Balaban J connectivity index is 1.62. The lowest BCUT2D eigenvalue weighted by atomic mass is 10.0. The van der Waals surface area contributed by atoms with Gasteiger partial charge in [-0.05, 0) is 44.9 Å². The third kappa shape index (κ3) is 4.56. The van der Waals surface area contributed by atoms with Crippen LogP contribution in [0.25, 0.3) is 11.0 Å². The normalized spacial score (nSPS) is 16.2. The maximum Gasteiger partial charge on any atom is 0.252 e. The van der Waals surface area contributed by atoms with Crippen LogP contribution in [0.4, 0.5) is 0 Å². The Morgan fingerprint density at radius 2 is 1.94 bits per heavy atom. The van der Waals surface area contributed by atoms with E-state index in [2.05, 4.69) is 43.0 Å². The zero-order valence-electron chi connectivity index (χ0n) is 19.6. The summed E-state index contributed by atoms with van der Waals surface area (Å²) in [7, 11) is 0. The van der Waals surface area contributed by atoms with Gasteiger partial charge in [-0.3, -0.25) is 9.69 Å². The van der Waals surface area contributed by atoms with Gasteiger partial charge in [0, 0.05) is 31.4 Å². The number of amides is 1. The Bertz CT molecular complexity index is 1080. The lowest BCUT2D eigenvalue weighted by molar-refractivity contribution is 0.0117. The van der Waals surface area contributed by atoms with Gasteiger partial charge in [-0.25, -0.2) is 9.67 Å². The van der Waals surface area contributed by atoms with Crippen LogP contribution in [0.5, 0.6) is 0 Å². The zero-order chi connectivity index (χ0) is 22.8. The van der Waals surface area contributed by atoms with E-state index in [0.717, 1.165) is 41.3 Å². The summed E-state index contributed by atoms with van der Waals surface area (Å²) in [5.41, 5.74) is 2.25. The number of ether oxygens (including phenoxy) is 1. The van der Waals surface area contributed by atoms with E-state index in [4.69, 9.17) is 14.1 Å². The molecule has 0 aliphatic carbocycles. The van der Waals surface area contributed by atoms with E-state index in [1.165, 1.54) is 0 Å². The minimum atomic E-state index is -0.121. The summed E-state index contributed by atoms with van der Waals surface area (Å²) in [6.07, 6.45) is 1.75. The number of aromatic nitrogens is 3. The van der Waals surface area contributed by atoms with E-state index >= 15 is 0 Å². The number of nitrogens with one attached hydrogen (secondary N) is 1. The van der Waals surface area contributed by atoms with Crippen LogP contribution in [-0.2, 0) is 4.74 Å². The van der Waals surface area contributed by atoms with Crippen molar-refractivity contribution in [2.75, 3.05) is 32.8 Å². The molecule has 0 bridgehead atoms. The van der Waals surface area contributed by atoms with Gasteiger partial charge in [0.1, 0.15) is 11.5 Å². The van der Waals surface area contributed by atoms with Gasteiger partial charge in [0.05, 0.1) is 36.4 Å². The summed E-state index contributed by atoms with van der Waals surface area (Å²) in [4.78, 5) is 20.5. The maximum atomic E-state index is 13.4. The van der Waals surface area contributed by atoms with Gasteiger partial charge >= 0.3 is 0 Å². The zero-order valence-corrected chi connectivity index (χ0v) is 19.6. The first-order chi connectivity index (χ1) is 15.3. The molecule has 3 aromatic rings. The fourth-order valence-corrected chi connectivity index (χ4v) is 4.11. The van der Waals surface area contributed by atoms with Crippen molar-refractivity contribution in [3.63, 3.8) is 0 Å². The Morgan fingerprint density at radius 1 is 1.19 bits per heavy atom. The number of pyridine rings is 1. The predicted molar refractivity (Wildman–Crippen MR) is 123 cm³/mol. The molecule has 0 saturated carbocycles. The van der Waals surface area contributed by atoms with Crippen LogP contribution in [0.1, 0.15) is 73.3 Å². The number of carbonyl (C=O) groups is 1. The fourth-order valence-electron chi connectivity index (χ4n) is 4.11. The number of nitrogens with zero attached hydrogens (tertiary/aromatic N) is 4. The maximum absolute atomic E-state index is 13.4. The molecule has 4 heterocycles. The topological polar surface area (TPSA) is 85.4 Å². The second kappa shape index (κ2) is 9.42. The molecule has 172 valence electrons. The molecule has 1 fully saturated rings. The molecule has 0 aromatic carbocycles. The highest BCUT2D eigenvalue weighted by molar-refractivity contribution is 6.05. The molecule has 1 unspecified atom stereocenters. The van der Waals surface area contributed by atoms with Crippen LogP contribution in [-0.4, -0.2) is 58.4 Å². The number of hydrogen-bond donors (Lipinski definition) is 1. The predicted octanol–water partition coefficient (Wildman–Crippen LogP) is 3.84. The quantitative estimate of drug-likeness (QED) is 0.602. The lowest BCUT2D eigenvalue weighted by Crippen LogP contribution is -2.43. The highest BCUT2D eigenvalue weighted by atomic mass is 16.5. The van der Waals surface area contributed by atoms with E-state index < -0.39 is 0 Å². The molecule has 1 amide bonds. The van der Waals surface area contributed by atoms with Crippen molar-refractivity contribution in [1.29, 1.82) is 0 Å². The molecule has 1 saturated heterocycles. The van der Waals surface area contributed by atoms with Gasteiger partial charge in [0.25, 0.3) is 5.91 Å². The van der Waals surface area contributed by atoms with Crippen LogP contribution >= 0.6 is 0 Å².